The maximum absolute atomic E-state index is 12.9. The zero-order chi connectivity index (χ0) is 12.3. The highest BCUT2D eigenvalue weighted by molar-refractivity contribution is 6.04. The fraction of sp³-hybridized carbons (Fsp3) is 0.0714. The number of carbonyl (C=O) groups is 1. The van der Waals surface area contributed by atoms with Gasteiger partial charge in [-0.2, -0.15) is 0 Å². The molecule has 0 aliphatic rings. The van der Waals surface area contributed by atoms with Crippen molar-refractivity contribution in [1.29, 1.82) is 0 Å². The van der Waals surface area contributed by atoms with E-state index in [0.29, 0.717) is 11.3 Å². The van der Waals surface area contributed by atoms with E-state index < -0.39 is 0 Å². The van der Waals surface area contributed by atoms with Crippen LogP contribution in [0.2, 0.25) is 0 Å². The summed E-state index contributed by atoms with van der Waals surface area (Å²) in [6.45, 7) is 1.95. The van der Waals surface area contributed by atoms with Crippen molar-refractivity contribution in [3.63, 3.8) is 0 Å². The SMILES string of the molecule is Cc1ccc(C(=O)Nc2cccc(F)c2)cc1. The molecule has 3 heteroatoms. The van der Waals surface area contributed by atoms with Gasteiger partial charge in [0.05, 0.1) is 0 Å². The largest absolute Gasteiger partial charge is 0.322 e. The van der Waals surface area contributed by atoms with Crippen molar-refractivity contribution in [2.45, 2.75) is 6.92 Å². The molecular weight excluding hydrogens is 217 g/mol. The third kappa shape index (κ3) is 2.91. The predicted molar refractivity (Wildman–Crippen MR) is 65.5 cm³/mol. The molecule has 2 nitrogen and oxygen atoms in total. The molecule has 0 atom stereocenters. The number of nitrogens with one attached hydrogen (secondary N) is 1. The van der Waals surface area contributed by atoms with Crippen LogP contribution in [-0.2, 0) is 0 Å². The first-order valence-electron chi connectivity index (χ1n) is 5.29. The van der Waals surface area contributed by atoms with Crippen LogP contribution in [0.5, 0.6) is 0 Å². The van der Waals surface area contributed by atoms with Gasteiger partial charge in [0.15, 0.2) is 0 Å². The fourth-order valence-electron chi connectivity index (χ4n) is 1.47. The Labute approximate surface area is 99.1 Å². The minimum Gasteiger partial charge on any atom is -0.322 e. The molecule has 1 N–H and O–H groups in total. The van der Waals surface area contributed by atoms with Crippen molar-refractivity contribution in [2.24, 2.45) is 0 Å². The Morgan fingerprint density at radius 2 is 1.82 bits per heavy atom. The van der Waals surface area contributed by atoms with E-state index in [9.17, 15) is 9.18 Å². The van der Waals surface area contributed by atoms with E-state index in [2.05, 4.69) is 5.32 Å². The van der Waals surface area contributed by atoms with Crippen LogP contribution < -0.4 is 5.32 Å². The average Bonchev–Trinajstić information content (AvgIpc) is 2.29. The highest BCUT2D eigenvalue weighted by Gasteiger charge is 2.05. The molecule has 1 amide bonds. The van der Waals surface area contributed by atoms with Crippen molar-refractivity contribution in [2.75, 3.05) is 5.32 Å². The van der Waals surface area contributed by atoms with Gasteiger partial charge < -0.3 is 5.32 Å². The van der Waals surface area contributed by atoms with Gasteiger partial charge in [0.1, 0.15) is 5.82 Å². The second-order valence-corrected chi connectivity index (χ2v) is 3.83. The Morgan fingerprint density at radius 3 is 2.47 bits per heavy atom. The number of rotatable bonds is 2. The number of halogens is 1. The van der Waals surface area contributed by atoms with Crippen LogP contribution in [0.4, 0.5) is 10.1 Å². The van der Waals surface area contributed by atoms with E-state index in [0.717, 1.165) is 5.56 Å². The maximum atomic E-state index is 12.9. The highest BCUT2D eigenvalue weighted by Crippen LogP contribution is 2.11. The molecule has 2 aromatic carbocycles. The lowest BCUT2D eigenvalue weighted by Gasteiger charge is -2.05. The Bertz CT molecular complexity index is 534. The van der Waals surface area contributed by atoms with Gasteiger partial charge in [-0.05, 0) is 37.3 Å². The summed E-state index contributed by atoms with van der Waals surface area (Å²) < 4.78 is 12.9. The molecule has 86 valence electrons. The van der Waals surface area contributed by atoms with Crippen LogP contribution in [0.3, 0.4) is 0 Å². The third-order valence-corrected chi connectivity index (χ3v) is 2.40. The average molecular weight is 229 g/mol. The van der Waals surface area contributed by atoms with Crippen molar-refractivity contribution in [3.8, 4) is 0 Å². The zero-order valence-electron chi connectivity index (χ0n) is 9.41. The number of carbonyl (C=O) groups excluding carboxylic acids is 1. The number of benzene rings is 2. The Morgan fingerprint density at radius 1 is 1.12 bits per heavy atom. The molecule has 0 saturated carbocycles. The molecule has 17 heavy (non-hydrogen) atoms. The summed E-state index contributed by atoms with van der Waals surface area (Å²) in [5.41, 5.74) is 2.10. The summed E-state index contributed by atoms with van der Waals surface area (Å²) >= 11 is 0. The van der Waals surface area contributed by atoms with E-state index in [1.54, 1.807) is 24.3 Å². The van der Waals surface area contributed by atoms with Gasteiger partial charge in [0, 0.05) is 11.3 Å². The molecular formula is C14H12FNO. The summed E-state index contributed by atoms with van der Waals surface area (Å²) in [5.74, 6) is -0.609. The molecule has 0 radical (unpaired) electrons. The maximum Gasteiger partial charge on any atom is 0.255 e. The van der Waals surface area contributed by atoms with Crippen LogP contribution in [-0.4, -0.2) is 5.91 Å². The molecule has 0 bridgehead atoms. The van der Waals surface area contributed by atoms with E-state index in [4.69, 9.17) is 0 Å². The number of hydrogen-bond donors (Lipinski definition) is 1. The first kappa shape index (κ1) is 11.3. The van der Waals surface area contributed by atoms with Crippen LogP contribution in [0.25, 0.3) is 0 Å². The quantitative estimate of drug-likeness (QED) is 0.840. The topological polar surface area (TPSA) is 29.1 Å². The number of aryl methyl sites for hydroxylation is 1. The number of amides is 1. The first-order valence-corrected chi connectivity index (χ1v) is 5.29. The van der Waals surface area contributed by atoms with Gasteiger partial charge in [0.25, 0.3) is 5.91 Å². The van der Waals surface area contributed by atoms with E-state index >= 15 is 0 Å². The second kappa shape index (κ2) is 4.78. The van der Waals surface area contributed by atoms with Gasteiger partial charge in [-0.3, -0.25) is 4.79 Å². The fourth-order valence-corrected chi connectivity index (χ4v) is 1.47. The molecule has 0 heterocycles. The highest BCUT2D eigenvalue weighted by atomic mass is 19.1. The smallest absolute Gasteiger partial charge is 0.255 e. The zero-order valence-corrected chi connectivity index (χ0v) is 9.41. The normalized spacial score (nSPS) is 10.0. The lowest BCUT2D eigenvalue weighted by molar-refractivity contribution is 0.102. The standard InChI is InChI=1S/C14H12FNO/c1-10-5-7-11(8-6-10)14(17)16-13-4-2-3-12(15)9-13/h2-9H,1H3,(H,16,17). The Kier molecular flexibility index (Phi) is 3.19. The molecule has 0 fully saturated rings. The van der Waals surface area contributed by atoms with Gasteiger partial charge in [-0.15, -0.1) is 0 Å². The van der Waals surface area contributed by atoms with Crippen molar-refractivity contribution in [3.05, 3.63) is 65.5 Å². The molecule has 0 saturated heterocycles. The minimum absolute atomic E-state index is 0.240. The van der Waals surface area contributed by atoms with Crippen molar-refractivity contribution >= 4 is 11.6 Å². The molecule has 2 aromatic rings. The Balaban J connectivity index is 2.14. The molecule has 0 aliphatic heterocycles. The summed E-state index contributed by atoms with van der Waals surface area (Å²) in [6.07, 6.45) is 0. The number of hydrogen-bond acceptors (Lipinski definition) is 1. The summed E-state index contributed by atoms with van der Waals surface area (Å²) in [4.78, 5) is 11.8. The van der Waals surface area contributed by atoms with Gasteiger partial charge >= 0.3 is 0 Å². The molecule has 0 unspecified atom stereocenters. The van der Waals surface area contributed by atoms with Gasteiger partial charge in [0.2, 0.25) is 0 Å². The Hall–Kier alpha value is -2.16. The predicted octanol–water partition coefficient (Wildman–Crippen LogP) is 3.39. The monoisotopic (exact) mass is 229 g/mol. The molecule has 0 aliphatic carbocycles. The molecule has 0 spiro atoms. The van der Waals surface area contributed by atoms with Gasteiger partial charge in [-0.25, -0.2) is 4.39 Å². The minimum atomic E-state index is -0.369. The van der Waals surface area contributed by atoms with Crippen LogP contribution in [0.15, 0.2) is 48.5 Å². The lowest BCUT2D eigenvalue weighted by atomic mass is 10.1. The van der Waals surface area contributed by atoms with Crippen LogP contribution >= 0.6 is 0 Å². The summed E-state index contributed by atoms with van der Waals surface area (Å²) in [5, 5.41) is 2.64. The first-order chi connectivity index (χ1) is 8.15. The summed E-state index contributed by atoms with van der Waals surface area (Å²) in [7, 11) is 0. The lowest BCUT2D eigenvalue weighted by Crippen LogP contribution is -2.11. The van der Waals surface area contributed by atoms with E-state index in [-0.39, 0.29) is 11.7 Å². The van der Waals surface area contributed by atoms with E-state index in [1.807, 2.05) is 19.1 Å². The summed E-state index contributed by atoms with van der Waals surface area (Å²) in [6, 6.07) is 13.0. The van der Waals surface area contributed by atoms with Crippen LogP contribution in [0, 0.1) is 12.7 Å². The third-order valence-electron chi connectivity index (χ3n) is 2.40. The van der Waals surface area contributed by atoms with Gasteiger partial charge in [-0.1, -0.05) is 23.8 Å². The number of anilines is 1. The van der Waals surface area contributed by atoms with Crippen molar-refractivity contribution < 1.29 is 9.18 Å². The molecule has 0 aromatic heterocycles. The second-order valence-electron chi connectivity index (χ2n) is 3.83. The van der Waals surface area contributed by atoms with Crippen LogP contribution in [0.1, 0.15) is 15.9 Å². The molecule has 2 rings (SSSR count). The van der Waals surface area contributed by atoms with E-state index in [1.165, 1.54) is 12.1 Å². The van der Waals surface area contributed by atoms with Crippen molar-refractivity contribution in [1.82, 2.24) is 0 Å².